The molecule has 2 bridgehead atoms. The van der Waals surface area contributed by atoms with Gasteiger partial charge in [-0.15, -0.1) is 0 Å². The minimum atomic E-state index is 0.0271. The Labute approximate surface area is 77.4 Å². The molecule has 2 aliphatic carbocycles. The van der Waals surface area contributed by atoms with Crippen LogP contribution in [0.1, 0.15) is 12.8 Å². The molecule has 0 amide bonds. The van der Waals surface area contributed by atoms with Gasteiger partial charge in [-0.1, -0.05) is 0 Å². The van der Waals surface area contributed by atoms with E-state index in [-0.39, 0.29) is 11.9 Å². The Balaban J connectivity index is 1.89. The first kappa shape index (κ1) is 7.80. The summed E-state index contributed by atoms with van der Waals surface area (Å²) in [5.74, 6) is 1.85. The van der Waals surface area contributed by atoms with Gasteiger partial charge in [-0.3, -0.25) is 4.79 Å². The van der Waals surface area contributed by atoms with E-state index in [1.54, 1.807) is 7.11 Å². The number of hydrogen-bond acceptors (Lipinski definition) is 3. The van der Waals surface area contributed by atoms with Gasteiger partial charge in [0.1, 0.15) is 0 Å². The average molecular weight is 182 g/mol. The van der Waals surface area contributed by atoms with Crippen LogP contribution in [-0.2, 0) is 14.3 Å². The zero-order chi connectivity index (χ0) is 9.00. The Morgan fingerprint density at radius 2 is 2.23 bits per heavy atom. The Bertz CT molecular complexity index is 251. The lowest BCUT2D eigenvalue weighted by molar-refractivity contribution is -0.143. The van der Waals surface area contributed by atoms with Crippen molar-refractivity contribution in [3.63, 3.8) is 0 Å². The second-order valence-electron chi connectivity index (χ2n) is 4.49. The lowest BCUT2D eigenvalue weighted by atomic mass is 9.80. The van der Waals surface area contributed by atoms with Crippen LogP contribution in [0.3, 0.4) is 0 Å². The number of hydrogen-bond donors (Lipinski definition) is 0. The first-order valence-corrected chi connectivity index (χ1v) is 5.00. The molecular weight excluding hydrogens is 168 g/mol. The molecule has 0 radical (unpaired) electrons. The zero-order valence-electron chi connectivity index (χ0n) is 7.73. The molecule has 3 rings (SSSR count). The van der Waals surface area contributed by atoms with Crippen molar-refractivity contribution in [1.29, 1.82) is 0 Å². The van der Waals surface area contributed by atoms with Crippen LogP contribution in [0.5, 0.6) is 0 Å². The molecule has 1 saturated heterocycles. The van der Waals surface area contributed by atoms with Crippen LogP contribution in [0.25, 0.3) is 0 Å². The molecule has 0 spiro atoms. The molecule has 72 valence electrons. The molecule has 3 heteroatoms. The van der Waals surface area contributed by atoms with E-state index in [4.69, 9.17) is 9.47 Å². The molecule has 13 heavy (non-hydrogen) atoms. The van der Waals surface area contributed by atoms with E-state index >= 15 is 0 Å². The van der Waals surface area contributed by atoms with E-state index in [1.165, 1.54) is 6.42 Å². The highest BCUT2D eigenvalue weighted by Gasteiger charge is 2.59. The summed E-state index contributed by atoms with van der Waals surface area (Å²) in [6.07, 6.45) is 2.64. The number of rotatable bonds is 1. The van der Waals surface area contributed by atoms with E-state index in [2.05, 4.69) is 0 Å². The van der Waals surface area contributed by atoms with Gasteiger partial charge >= 0.3 is 5.97 Å². The number of carbonyl (C=O) groups is 1. The van der Waals surface area contributed by atoms with Gasteiger partial charge in [0.15, 0.2) is 0 Å². The monoisotopic (exact) mass is 182 g/mol. The van der Waals surface area contributed by atoms with Gasteiger partial charge in [0.05, 0.1) is 18.6 Å². The fourth-order valence-electron chi connectivity index (χ4n) is 3.54. The van der Waals surface area contributed by atoms with Crippen molar-refractivity contribution < 1.29 is 14.3 Å². The summed E-state index contributed by atoms with van der Waals surface area (Å²) in [7, 11) is 1.75. The Morgan fingerprint density at radius 1 is 1.38 bits per heavy atom. The molecule has 0 N–H and O–H groups in total. The molecule has 5 unspecified atom stereocenters. The van der Waals surface area contributed by atoms with Gasteiger partial charge in [0.25, 0.3) is 0 Å². The molecule has 0 aromatic carbocycles. The fourth-order valence-corrected chi connectivity index (χ4v) is 3.54. The normalized spacial score (nSPS) is 52.4. The van der Waals surface area contributed by atoms with Crippen LogP contribution < -0.4 is 0 Å². The maximum Gasteiger partial charge on any atom is 0.309 e. The Kier molecular flexibility index (Phi) is 1.48. The molecule has 3 aliphatic rings. The van der Waals surface area contributed by atoms with Crippen LogP contribution in [-0.4, -0.2) is 25.8 Å². The van der Waals surface area contributed by atoms with Crippen LogP contribution >= 0.6 is 0 Å². The van der Waals surface area contributed by atoms with Crippen molar-refractivity contribution >= 4 is 5.97 Å². The van der Waals surface area contributed by atoms with E-state index in [0.29, 0.717) is 30.5 Å². The highest BCUT2D eigenvalue weighted by atomic mass is 16.5. The number of cyclic esters (lactones) is 1. The molecule has 5 atom stereocenters. The third-order valence-electron chi connectivity index (χ3n) is 4.11. The fraction of sp³-hybridized carbons (Fsp3) is 0.900. The van der Waals surface area contributed by atoms with Gasteiger partial charge in [-0.05, 0) is 24.7 Å². The highest BCUT2D eigenvalue weighted by Crippen LogP contribution is 2.55. The lowest BCUT2D eigenvalue weighted by Crippen LogP contribution is -2.33. The minimum Gasteiger partial charge on any atom is -0.465 e. The summed E-state index contributed by atoms with van der Waals surface area (Å²) < 4.78 is 10.5. The molecule has 0 aromatic heterocycles. The third kappa shape index (κ3) is 0.857. The third-order valence-corrected chi connectivity index (χ3v) is 4.11. The van der Waals surface area contributed by atoms with Crippen molar-refractivity contribution in [1.82, 2.24) is 0 Å². The summed E-state index contributed by atoms with van der Waals surface area (Å²) >= 11 is 0. The van der Waals surface area contributed by atoms with Gasteiger partial charge in [0, 0.05) is 13.0 Å². The van der Waals surface area contributed by atoms with E-state index < -0.39 is 0 Å². The Hall–Kier alpha value is -0.570. The van der Waals surface area contributed by atoms with Crippen LogP contribution in [0.4, 0.5) is 0 Å². The number of methoxy groups -OCH3 is 1. The number of ether oxygens (including phenoxy) is 2. The standard InChI is InChI=1S/C10H14O3/c1-12-8-3-5-2-6(8)9-7(5)4-13-10(9)11/h5-9H,2-4H2,1H3. The SMILES string of the molecule is COC1CC2CC1C1C(=O)OCC21. The van der Waals surface area contributed by atoms with Gasteiger partial charge < -0.3 is 9.47 Å². The van der Waals surface area contributed by atoms with Gasteiger partial charge in [-0.2, -0.15) is 0 Å². The first-order chi connectivity index (χ1) is 6.31. The molecule has 1 heterocycles. The predicted molar refractivity (Wildman–Crippen MR) is 45.0 cm³/mol. The zero-order valence-corrected chi connectivity index (χ0v) is 7.73. The quantitative estimate of drug-likeness (QED) is 0.563. The summed E-state index contributed by atoms with van der Waals surface area (Å²) in [6, 6.07) is 0. The highest BCUT2D eigenvalue weighted by molar-refractivity contribution is 5.76. The van der Waals surface area contributed by atoms with Crippen molar-refractivity contribution in [3.05, 3.63) is 0 Å². The second-order valence-corrected chi connectivity index (χ2v) is 4.49. The molecular formula is C10H14O3. The number of esters is 1. The van der Waals surface area contributed by atoms with Crippen LogP contribution in [0.15, 0.2) is 0 Å². The smallest absolute Gasteiger partial charge is 0.309 e. The average Bonchev–Trinajstić information content (AvgIpc) is 2.76. The van der Waals surface area contributed by atoms with Gasteiger partial charge in [-0.25, -0.2) is 0 Å². The molecule has 0 aromatic rings. The number of fused-ring (bicyclic) bond motifs is 5. The Morgan fingerprint density at radius 3 is 3.00 bits per heavy atom. The van der Waals surface area contributed by atoms with Crippen molar-refractivity contribution in [2.24, 2.45) is 23.7 Å². The molecule has 1 aliphatic heterocycles. The minimum absolute atomic E-state index is 0.0271. The van der Waals surface area contributed by atoms with E-state index in [0.717, 1.165) is 6.42 Å². The summed E-state index contributed by atoms with van der Waals surface area (Å²) in [5.41, 5.74) is 0. The molecule has 3 nitrogen and oxygen atoms in total. The largest absolute Gasteiger partial charge is 0.465 e. The van der Waals surface area contributed by atoms with E-state index in [1.807, 2.05) is 0 Å². The summed E-state index contributed by atoms with van der Waals surface area (Å²) in [6.45, 7) is 0.668. The molecule has 2 saturated carbocycles. The maximum atomic E-state index is 11.4. The van der Waals surface area contributed by atoms with Crippen molar-refractivity contribution in [2.75, 3.05) is 13.7 Å². The number of carbonyl (C=O) groups excluding carboxylic acids is 1. The van der Waals surface area contributed by atoms with Crippen molar-refractivity contribution in [3.8, 4) is 0 Å². The predicted octanol–water partition coefficient (Wildman–Crippen LogP) is 0.830. The van der Waals surface area contributed by atoms with Crippen LogP contribution in [0.2, 0.25) is 0 Å². The second kappa shape index (κ2) is 2.47. The first-order valence-electron chi connectivity index (χ1n) is 5.00. The summed E-state index contributed by atoms with van der Waals surface area (Å²) in [5, 5.41) is 0. The summed E-state index contributed by atoms with van der Waals surface area (Å²) in [4.78, 5) is 11.4. The topological polar surface area (TPSA) is 35.5 Å². The lowest BCUT2D eigenvalue weighted by Gasteiger charge is -2.27. The van der Waals surface area contributed by atoms with E-state index in [9.17, 15) is 4.79 Å². The van der Waals surface area contributed by atoms with Crippen molar-refractivity contribution in [2.45, 2.75) is 18.9 Å². The molecule has 3 fully saturated rings. The van der Waals surface area contributed by atoms with Gasteiger partial charge in [0.2, 0.25) is 0 Å². The maximum absolute atomic E-state index is 11.4. The van der Waals surface area contributed by atoms with Crippen LogP contribution in [0, 0.1) is 23.7 Å².